The predicted octanol–water partition coefficient (Wildman–Crippen LogP) is 4.63. The fraction of sp³-hybridized carbons (Fsp3) is 0.357. The van der Waals surface area contributed by atoms with Gasteiger partial charge in [0, 0.05) is 11.0 Å². The van der Waals surface area contributed by atoms with Gasteiger partial charge in [-0.3, -0.25) is 4.68 Å². The monoisotopic (exact) mass is 359 g/mol. The van der Waals surface area contributed by atoms with Crippen molar-refractivity contribution in [1.29, 1.82) is 0 Å². The number of nitrogens with zero attached hydrogens (tertiary/aromatic N) is 2. The van der Waals surface area contributed by atoms with Gasteiger partial charge in [0.25, 0.3) is 0 Å². The van der Waals surface area contributed by atoms with Gasteiger partial charge in [-0.05, 0) is 31.5 Å². The Kier molecular flexibility index (Phi) is 5.05. The molecule has 108 valence electrons. The van der Waals surface area contributed by atoms with Crippen molar-refractivity contribution in [3.63, 3.8) is 0 Å². The van der Waals surface area contributed by atoms with E-state index in [-0.39, 0.29) is 5.82 Å². The Morgan fingerprint density at radius 3 is 2.80 bits per heavy atom. The first-order valence-electron chi connectivity index (χ1n) is 6.49. The van der Waals surface area contributed by atoms with Gasteiger partial charge in [-0.1, -0.05) is 34.5 Å². The summed E-state index contributed by atoms with van der Waals surface area (Å²) in [5.41, 5.74) is 2.20. The van der Waals surface area contributed by atoms with Crippen molar-refractivity contribution in [2.75, 3.05) is 5.32 Å². The number of halogens is 3. The van der Waals surface area contributed by atoms with E-state index in [1.807, 2.05) is 18.5 Å². The fourth-order valence-corrected chi connectivity index (χ4v) is 2.69. The van der Waals surface area contributed by atoms with Crippen LogP contribution in [0.1, 0.15) is 25.2 Å². The van der Waals surface area contributed by atoms with E-state index < -0.39 is 0 Å². The summed E-state index contributed by atoms with van der Waals surface area (Å²) in [5, 5.41) is 8.18. The van der Waals surface area contributed by atoms with Crippen molar-refractivity contribution in [3.8, 4) is 0 Å². The lowest BCUT2D eigenvalue weighted by molar-refractivity contribution is 0.614. The second kappa shape index (κ2) is 6.59. The number of nitrogens with one attached hydrogen (secondary N) is 1. The Balaban J connectivity index is 2.22. The van der Waals surface area contributed by atoms with Crippen molar-refractivity contribution in [1.82, 2.24) is 9.78 Å². The largest absolute Gasteiger partial charge is 0.377 e. The third kappa shape index (κ3) is 3.15. The van der Waals surface area contributed by atoms with Gasteiger partial charge in [-0.2, -0.15) is 5.10 Å². The zero-order valence-corrected chi connectivity index (χ0v) is 13.7. The molecule has 2 aromatic rings. The molecule has 0 saturated carbocycles. The summed E-state index contributed by atoms with van der Waals surface area (Å²) in [7, 11) is 0. The van der Waals surface area contributed by atoms with Crippen LogP contribution in [-0.2, 0) is 19.5 Å². The highest BCUT2D eigenvalue weighted by atomic mass is 79.9. The second-order valence-corrected chi connectivity index (χ2v) is 5.65. The number of rotatable bonds is 5. The van der Waals surface area contributed by atoms with Crippen molar-refractivity contribution in [2.45, 2.75) is 33.4 Å². The molecule has 0 aliphatic rings. The van der Waals surface area contributed by atoms with Gasteiger partial charge in [-0.25, -0.2) is 4.39 Å². The molecule has 0 atom stereocenters. The summed E-state index contributed by atoms with van der Waals surface area (Å²) in [6.07, 6.45) is 0.782. The zero-order chi connectivity index (χ0) is 14.7. The molecule has 6 heteroatoms. The first-order chi connectivity index (χ1) is 9.56. The minimum absolute atomic E-state index is 0.289. The Morgan fingerprint density at radius 2 is 2.15 bits per heavy atom. The van der Waals surface area contributed by atoms with Crippen molar-refractivity contribution < 1.29 is 4.39 Å². The molecular weight excluding hydrogens is 345 g/mol. The molecule has 0 radical (unpaired) electrons. The first kappa shape index (κ1) is 15.3. The Morgan fingerprint density at radius 1 is 1.40 bits per heavy atom. The summed E-state index contributed by atoms with van der Waals surface area (Å²) >= 11 is 9.65. The van der Waals surface area contributed by atoms with Gasteiger partial charge in [0.05, 0.1) is 28.6 Å². The third-order valence-corrected chi connectivity index (χ3v) is 4.00. The van der Waals surface area contributed by atoms with E-state index in [4.69, 9.17) is 11.6 Å². The molecule has 0 aliphatic heterocycles. The molecule has 20 heavy (non-hydrogen) atoms. The third-order valence-electron chi connectivity index (χ3n) is 3.07. The molecule has 0 unspecified atom stereocenters. The van der Waals surface area contributed by atoms with E-state index >= 15 is 0 Å². The van der Waals surface area contributed by atoms with E-state index in [0.717, 1.165) is 28.8 Å². The van der Waals surface area contributed by atoms with Crippen LogP contribution in [0, 0.1) is 5.82 Å². The molecule has 0 fully saturated rings. The summed E-state index contributed by atoms with van der Waals surface area (Å²) in [6, 6.07) is 4.79. The maximum absolute atomic E-state index is 13.7. The topological polar surface area (TPSA) is 29.9 Å². The molecule has 1 aromatic carbocycles. The average molecular weight is 361 g/mol. The highest BCUT2D eigenvalue weighted by molar-refractivity contribution is 9.10. The SMILES string of the molecule is CCc1nn(CC)c(CNc2cc(Br)ccc2F)c1Cl. The summed E-state index contributed by atoms with van der Waals surface area (Å²) in [5.74, 6) is -0.289. The second-order valence-electron chi connectivity index (χ2n) is 4.35. The maximum Gasteiger partial charge on any atom is 0.146 e. The van der Waals surface area contributed by atoms with Crippen LogP contribution in [0.25, 0.3) is 0 Å². The van der Waals surface area contributed by atoms with Crippen LogP contribution in [-0.4, -0.2) is 9.78 Å². The van der Waals surface area contributed by atoms with Crippen LogP contribution in [0.2, 0.25) is 5.02 Å². The Hall–Kier alpha value is -1.07. The van der Waals surface area contributed by atoms with Crippen molar-refractivity contribution >= 4 is 33.2 Å². The molecule has 1 heterocycles. The molecule has 0 bridgehead atoms. The van der Waals surface area contributed by atoms with E-state index in [1.165, 1.54) is 6.07 Å². The van der Waals surface area contributed by atoms with Crippen LogP contribution in [0.4, 0.5) is 10.1 Å². The van der Waals surface area contributed by atoms with Gasteiger partial charge in [-0.15, -0.1) is 0 Å². The van der Waals surface area contributed by atoms with E-state index in [2.05, 4.69) is 26.3 Å². The molecule has 2 rings (SSSR count). The van der Waals surface area contributed by atoms with Gasteiger partial charge >= 0.3 is 0 Å². The van der Waals surface area contributed by atoms with Crippen LogP contribution in [0.15, 0.2) is 22.7 Å². The molecule has 1 N–H and O–H groups in total. The standard InChI is InChI=1S/C14H16BrClFN3/c1-3-11-14(16)13(20(4-2)19-11)8-18-12-7-9(15)5-6-10(12)17/h5-7,18H,3-4,8H2,1-2H3. The maximum atomic E-state index is 13.7. The van der Waals surface area contributed by atoms with Crippen LogP contribution in [0.5, 0.6) is 0 Å². The van der Waals surface area contributed by atoms with Crippen LogP contribution in [0.3, 0.4) is 0 Å². The molecule has 1 aromatic heterocycles. The van der Waals surface area contributed by atoms with Gasteiger partial charge < -0.3 is 5.32 Å². The molecule has 0 amide bonds. The van der Waals surface area contributed by atoms with Crippen LogP contribution < -0.4 is 5.32 Å². The van der Waals surface area contributed by atoms with Gasteiger partial charge in [0.2, 0.25) is 0 Å². The van der Waals surface area contributed by atoms with Crippen molar-refractivity contribution in [3.05, 3.63) is 44.9 Å². The van der Waals surface area contributed by atoms with Crippen LogP contribution >= 0.6 is 27.5 Å². The fourth-order valence-electron chi connectivity index (χ4n) is 2.00. The zero-order valence-electron chi connectivity index (χ0n) is 11.4. The van der Waals surface area contributed by atoms with E-state index in [0.29, 0.717) is 17.3 Å². The number of anilines is 1. The number of hydrogen-bond donors (Lipinski definition) is 1. The van der Waals surface area contributed by atoms with Gasteiger partial charge in [0.1, 0.15) is 5.82 Å². The molecule has 0 saturated heterocycles. The lowest BCUT2D eigenvalue weighted by Crippen LogP contribution is -2.09. The van der Waals surface area contributed by atoms with Crippen molar-refractivity contribution in [2.24, 2.45) is 0 Å². The Labute approximate surface area is 131 Å². The lowest BCUT2D eigenvalue weighted by Gasteiger charge is -2.10. The molecule has 0 spiro atoms. The molecular formula is C14H16BrClFN3. The Bertz CT molecular complexity index is 613. The number of benzene rings is 1. The highest BCUT2D eigenvalue weighted by Crippen LogP contribution is 2.24. The first-order valence-corrected chi connectivity index (χ1v) is 7.66. The van der Waals surface area contributed by atoms with E-state index in [1.54, 1.807) is 12.1 Å². The smallest absolute Gasteiger partial charge is 0.146 e. The number of aryl methyl sites for hydroxylation is 2. The summed E-state index contributed by atoms with van der Waals surface area (Å²) < 4.78 is 16.4. The summed E-state index contributed by atoms with van der Waals surface area (Å²) in [4.78, 5) is 0. The normalized spacial score (nSPS) is 10.8. The van der Waals surface area contributed by atoms with E-state index in [9.17, 15) is 4.39 Å². The highest BCUT2D eigenvalue weighted by Gasteiger charge is 2.14. The lowest BCUT2D eigenvalue weighted by atomic mass is 10.2. The summed E-state index contributed by atoms with van der Waals surface area (Å²) in [6.45, 7) is 5.19. The number of aromatic nitrogens is 2. The molecule has 0 aliphatic carbocycles. The van der Waals surface area contributed by atoms with Gasteiger partial charge in [0.15, 0.2) is 0 Å². The minimum atomic E-state index is -0.289. The number of hydrogen-bond acceptors (Lipinski definition) is 2. The average Bonchev–Trinajstić information content (AvgIpc) is 2.75. The quantitative estimate of drug-likeness (QED) is 0.842. The predicted molar refractivity (Wildman–Crippen MR) is 83.7 cm³/mol. The minimum Gasteiger partial charge on any atom is -0.377 e. The molecule has 3 nitrogen and oxygen atoms in total.